The summed E-state index contributed by atoms with van der Waals surface area (Å²) in [6.07, 6.45) is 0. The number of nitrogens with one attached hydrogen (secondary N) is 1. The van der Waals surface area contributed by atoms with E-state index in [1.54, 1.807) is 19.2 Å². The highest BCUT2D eigenvalue weighted by molar-refractivity contribution is 6.33. The van der Waals surface area contributed by atoms with Gasteiger partial charge in [0.15, 0.2) is 11.5 Å². The fraction of sp³-hybridized carbons (Fsp3) is 0.235. The normalized spacial score (nSPS) is 11.7. The maximum absolute atomic E-state index is 13.3. The lowest BCUT2D eigenvalue weighted by atomic mass is 10.1. The van der Waals surface area contributed by atoms with Crippen molar-refractivity contribution in [2.24, 2.45) is 0 Å². The number of rotatable bonds is 5. The first-order valence-electron chi connectivity index (χ1n) is 6.94. The van der Waals surface area contributed by atoms with Gasteiger partial charge < -0.3 is 14.8 Å². The molecule has 0 aliphatic heterocycles. The number of ether oxygens (including phenoxy) is 2. The van der Waals surface area contributed by atoms with Gasteiger partial charge in [0.05, 0.1) is 30.8 Å². The predicted molar refractivity (Wildman–Crippen MR) is 86.8 cm³/mol. The first-order valence-corrected chi connectivity index (χ1v) is 7.32. The fourth-order valence-electron chi connectivity index (χ4n) is 2.15. The molecular weight excluding hydrogens is 321 g/mol. The van der Waals surface area contributed by atoms with Crippen molar-refractivity contribution in [2.45, 2.75) is 13.0 Å². The molecule has 0 aliphatic rings. The highest BCUT2D eigenvalue weighted by atomic mass is 35.5. The third-order valence-corrected chi connectivity index (χ3v) is 3.76. The van der Waals surface area contributed by atoms with Gasteiger partial charge in [-0.1, -0.05) is 17.7 Å². The van der Waals surface area contributed by atoms with Crippen LogP contribution < -0.4 is 14.8 Å². The van der Waals surface area contributed by atoms with Crippen LogP contribution in [0.2, 0.25) is 5.02 Å². The van der Waals surface area contributed by atoms with E-state index < -0.39 is 11.7 Å². The Morgan fingerprint density at radius 3 is 2.48 bits per heavy atom. The average Bonchev–Trinajstić information content (AvgIpc) is 2.56. The molecule has 6 heteroatoms. The molecule has 1 amide bonds. The number of hydrogen-bond donors (Lipinski definition) is 1. The second-order valence-corrected chi connectivity index (χ2v) is 5.34. The summed E-state index contributed by atoms with van der Waals surface area (Å²) in [4.78, 5) is 12.3. The van der Waals surface area contributed by atoms with Gasteiger partial charge in [-0.3, -0.25) is 4.79 Å². The van der Waals surface area contributed by atoms with Crippen LogP contribution >= 0.6 is 11.6 Å². The molecule has 0 saturated carbocycles. The Morgan fingerprint density at radius 1 is 1.13 bits per heavy atom. The van der Waals surface area contributed by atoms with Crippen molar-refractivity contribution < 1.29 is 18.7 Å². The summed E-state index contributed by atoms with van der Waals surface area (Å²) in [7, 11) is 3.09. The summed E-state index contributed by atoms with van der Waals surface area (Å²) in [6, 6.07) is 8.70. The molecule has 0 spiro atoms. The van der Waals surface area contributed by atoms with Crippen molar-refractivity contribution in [1.82, 2.24) is 5.32 Å². The third-order valence-electron chi connectivity index (χ3n) is 3.43. The molecular formula is C17H17ClFNO3. The largest absolute Gasteiger partial charge is 0.493 e. The molecule has 122 valence electrons. The fourth-order valence-corrected chi connectivity index (χ4v) is 2.35. The number of hydrogen-bond acceptors (Lipinski definition) is 3. The van der Waals surface area contributed by atoms with Crippen molar-refractivity contribution in [3.05, 3.63) is 58.4 Å². The van der Waals surface area contributed by atoms with Gasteiger partial charge >= 0.3 is 0 Å². The highest BCUT2D eigenvalue weighted by Gasteiger charge is 2.16. The van der Waals surface area contributed by atoms with Crippen LogP contribution in [0, 0.1) is 5.82 Å². The molecule has 4 nitrogen and oxygen atoms in total. The lowest BCUT2D eigenvalue weighted by Crippen LogP contribution is -2.27. The Kier molecular flexibility index (Phi) is 5.45. The van der Waals surface area contributed by atoms with Crippen LogP contribution in [0.4, 0.5) is 4.39 Å². The Morgan fingerprint density at radius 2 is 1.83 bits per heavy atom. The van der Waals surface area contributed by atoms with Gasteiger partial charge in [0.1, 0.15) is 5.82 Å². The van der Waals surface area contributed by atoms with E-state index in [0.717, 1.165) is 11.6 Å². The zero-order chi connectivity index (χ0) is 17.0. The van der Waals surface area contributed by atoms with E-state index >= 15 is 0 Å². The first kappa shape index (κ1) is 17.1. The Labute approximate surface area is 139 Å². The van der Waals surface area contributed by atoms with Gasteiger partial charge in [0.25, 0.3) is 5.91 Å². The molecule has 0 fully saturated rings. The molecule has 1 atom stereocenters. The van der Waals surface area contributed by atoms with E-state index in [0.29, 0.717) is 11.5 Å². The number of methoxy groups -OCH3 is 2. The summed E-state index contributed by atoms with van der Waals surface area (Å²) >= 11 is 5.94. The smallest absolute Gasteiger partial charge is 0.253 e. The molecule has 0 saturated heterocycles. The molecule has 2 aromatic carbocycles. The molecule has 0 heterocycles. The Hall–Kier alpha value is -2.27. The van der Waals surface area contributed by atoms with Gasteiger partial charge in [-0.15, -0.1) is 0 Å². The number of carbonyl (C=O) groups is 1. The molecule has 2 rings (SSSR count). The quantitative estimate of drug-likeness (QED) is 0.897. The van der Waals surface area contributed by atoms with Crippen LogP contribution in [0.15, 0.2) is 36.4 Å². The molecule has 2 aromatic rings. The number of amides is 1. The maximum Gasteiger partial charge on any atom is 0.253 e. The van der Waals surface area contributed by atoms with Gasteiger partial charge in [-0.2, -0.15) is 0 Å². The van der Waals surface area contributed by atoms with Gasteiger partial charge in [-0.25, -0.2) is 4.39 Å². The first-order chi connectivity index (χ1) is 11.0. The minimum Gasteiger partial charge on any atom is -0.493 e. The van der Waals surface area contributed by atoms with E-state index in [9.17, 15) is 9.18 Å². The van der Waals surface area contributed by atoms with E-state index in [1.807, 2.05) is 13.0 Å². The second kappa shape index (κ2) is 7.33. The summed E-state index contributed by atoms with van der Waals surface area (Å²) < 4.78 is 23.7. The summed E-state index contributed by atoms with van der Waals surface area (Å²) in [6.45, 7) is 1.81. The minimum atomic E-state index is -0.515. The number of halogens is 2. The molecule has 0 aromatic heterocycles. The van der Waals surface area contributed by atoms with Crippen molar-refractivity contribution in [1.29, 1.82) is 0 Å². The number of benzene rings is 2. The highest BCUT2D eigenvalue weighted by Crippen LogP contribution is 2.30. The Balaban J connectivity index is 2.19. The van der Waals surface area contributed by atoms with Crippen LogP contribution in [0.3, 0.4) is 0 Å². The topological polar surface area (TPSA) is 47.6 Å². The predicted octanol–water partition coefficient (Wildman–Crippen LogP) is 3.99. The average molecular weight is 338 g/mol. The molecule has 23 heavy (non-hydrogen) atoms. The molecule has 1 unspecified atom stereocenters. The van der Waals surface area contributed by atoms with E-state index in [1.165, 1.54) is 19.2 Å². The standard InChI is InChI=1S/C17H17ClFNO3/c1-10(11-4-7-15(22-2)16(8-11)23-3)20-17(21)13-9-12(19)5-6-14(13)18/h4-10H,1-3H3,(H,20,21). The van der Waals surface area contributed by atoms with Crippen LogP contribution in [0.25, 0.3) is 0 Å². The lowest BCUT2D eigenvalue weighted by Gasteiger charge is -2.17. The Bertz CT molecular complexity index is 721. The monoisotopic (exact) mass is 337 g/mol. The summed E-state index contributed by atoms with van der Waals surface area (Å²) in [5.74, 6) is 0.202. The van der Waals surface area contributed by atoms with Crippen molar-refractivity contribution in [3.63, 3.8) is 0 Å². The molecule has 0 bridgehead atoms. The number of carbonyl (C=O) groups excluding carboxylic acids is 1. The van der Waals surface area contributed by atoms with E-state index in [2.05, 4.69) is 5.32 Å². The minimum absolute atomic E-state index is 0.0963. The third kappa shape index (κ3) is 3.93. The maximum atomic E-state index is 13.3. The van der Waals surface area contributed by atoms with Crippen molar-refractivity contribution >= 4 is 17.5 Å². The zero-order valence-electron chi connectivity index (χ0n) is 13.0. The van der Waals surface area contributed by atoms with E-state index in [4.69, 9.17) is 21.1 Å². The zero-order valence-corrected chi connectivity index (χ0v) is 13.8. The second-order valence-electron chi connectivity index (χ2n) is 4.93. The van der Waals surface area contributed by atoms with Crippen molar-refractivity contribution in [2.75, 3.05) is 14.2 Å². The van der Waals surface area contributed by atoms with Crippen LogP contribution in [-0.2, 0) is 0 Å². The van der Waals surface area contributed by atoms with Gasteiger partial charge in [-0.05, 0) is 42.8 Å². The van der Waals surface area contributed by atoms with Crippen LogP contribution in [0.1, 0.15) is 28.9 Å². The van der Waals surface area contributed by atoms with Gasteiger partial charge in [0.2, 0.25) is 0 Å². The lowest BCUT2D eigenvalue weighted by molar-refractivity contribution is 0.0939. The molecule has 0 radical (unpaired) electrons. The van der Waals surface area contributed by atoms with Gasteiger partial charge in [0, 0.05) is 0 Å². The van der Waals surface area contributed by atoms with E-state index in [-0.39, 0.29) is 16.6 Å². The van der Waals surface area contributed by atoms with Crippen LogP contribution in [0.5, 0.6) is 11.5 Å². The molecule has 0 aliphatic carbocycles. The summed E-state index contributed by atoms with van der Waals surface area (Å²) in [5, 5.41) is 2.98. The molecule has 1 N–H and O–H groups in total. The van der Waals surface area contributed by atoms with Crippen molar-refractivity contribution in [3.8, 4) is 11.5 Å². The van der Waals surface area contributed by atoms with Crippen LogP contribution in [-0.4, -0.2) is 20.1 Å². The SMILES string of the molecule is COc1ccc(C(C)NC(=O)c2cc(F)ccc2Cl)cc1OC. The summed E-state index contributed by atoms with van der Waals surface area (Å²) in [5.41, 5.74) is 0.919.